The summed E-state index contributed by atoms with van der Waals surface area (Å²) in [6.45, 7) is 0. The van der Waals surface area contributed by atoms with Gasteiger partial charge in [-0.2, -0.15) is 16.1 Å². The van der Waals surface area contributed by atoms with Crippen LogP contribution in [0.5, 0.6) is 0 Å². The highest BCUT2D eigenvalue weighted by atomic mass is 32.1. The summed E-state index contributed by atoms with van der Waals surface area (Å²) in [5, 5.41) is 15.9. The van der Waals surface area contributed by atoms with Crippen LogP contribution in [0.1, 0.15) is 11.4 Å². The molecule has 0 bridgehead atoms. The van der Waals surface area contributed by atoms with Gasteiger partial charge in [-0.3, -0.25) is 0 Å². The number of aromatic nitrogens is 4. The number of thiophene rings is 1. The number of aryl methyl sites for hydroxylation is 1. The van der Waals surface area contributed by atoms with Gasteiger partial charge in [0.25, 0.3) is 0 Å². The van der Waals surface area contributed by atoms with Crippen molar-refractivity contribution in [2.24, 2.45) is 12.8 Å². The molecule has 0 aliphatic rings. The molecule has 0 saturated heterocycles. The van der Waals surface area contributed by atoms with E-state index < -0.39 is 0 Å². The molecule has 2 N–H and O–H groups in total. The molecule has 2 aromatic rings. The molecule has 0 aromatic carbocycles. The van der Waals surface area contributed by atoms with Crippen LogP contribution in [-0.4, -0.2) is 26.2 Å². The molecular weight excluding hydrogens is 210 g/mol. The number of nitrogens with two attached hydrogens (primary N) is 1. The summed E-state index contributed by atoms with van der Waals surface area (Å²) >= 11 is 1.69. The normalized spacial score (nSPS) is 12.9. The van der Waals surface area contributed by atoms with Crippen molar-refractivity contribution in [1.82, 2.24) is 20.2 Å². The predicted octanol–water partition coefficient (Wildman–Crippen LogP) is 0.384. The summed E-state index contributed by atoms with van der Waals surface area (Å²) in [5.41, 5.74) is 7.27. The van der Waals surface area contributed by atoms with Crippen LogP contribution < -0.4 is 5.73 Å². The molecule has 0 fully saturated rings. The Hall–Kier alpha value is -1.27. The number of nitrogens with zero attached hydrogens (tertiary/aromatic N) is 4. The van der Waals surface area contributed by atoms with E-state index in [1.807, 2.05) is 0 Å². The molecule has 80 valence electrons. The van der Waals surface area contributed by atoms with Crippen LogP contribution in [0.25, 0.3) is 0 Å². The molecule has 0 spiro atoms. The minimum atomic E-state index is 0.0591. The van der Waals surface area contributed by atoms with Crippen molar-refractivity contribution in [2.75, 3.05) is 0 Å². The SMILES string of the molecule is Cn1nnc(CC(N)Cc2ccsc2)n1. The quantitative estimate of drug-likeness (QED) is 0.813. The first-order valence-corrected chi connectivity index (χ1v) is 5.68. The molecule has 2 aromatic heterocycles. The number of rotatable bonds is 4. The highest BCUT2D eigenvalue weighted by Crippen LogP contribution is 2.09. The van der Waals surface area contributed by atoms with Gasteiger partial charge in [-0.25, -0.2) is 0 Å². The lowest BCUT2D eigenvalue weighted by Crippen LogP contribution is -2.25. The molecule has 0 saturated carbocycles. The third-order valence-corrected chi connectivity index (χ3v) is 2.80. The van der Waals surface area contributed by atoms with Gasteiger partial charge in [-0.05, 0) is 34.0 Å². The smallest absolute Gasteiger partial charge is 0.176 e. The van der Waals surface area contributed by atoms with Crippen LogP contribution in [0, 0.1) is 0 Å². The van der Waals surface area contributed by atoms with Crippen LogP contribution in [0.2, 0.25) is 0 Å². The first kappa shape index (κ1) is 10.3. The standard InChI is InChI=1S/C9H13N5S/c1-14-12-9(11-13-14)5-8(10)4-7-2-3-15-6-7/h2-3,6,8H,4-5,10H2,1H3. The van der Waals surface area contributed by atoms with Crippen molar-refractivity contribution in [3.63, 3.8) is 0 Å². The van der Waals surface area contributed by atoms with Gasteiger partial charge >= 0.3 is 0 Å². The van der Waals surface area contributed by atoms with Crippen molar-refractivity contribution in [2.45, 2.75) is 18.9 Å². The Morgan fingerprint density at radius 1 is 1.53 bits per heavy atom. The van der Waals surface area contributed by atoms with Crippen molar-refractivity contribution < 1.29 is 0 Å². The second kappa shape index (κ2) is 4.50. The highest BCUT2D eigenvalue weighted by molar-refractivity contribution is 7.07. The number of hydrogen-bond acceptors (Lipinski definition) is 5. The monoisotopic (exact) mass is 223 g/mol. The van der Waals surface area contributed by atoms with E-state index >= 15 is 0 Å². The third kappa shape index (κ3) is 2.84. The summed E-state index contributed by atoms with van der Waals surface area (Å²) < 4.78 is 0. The molecule has 0 aliphatic heterocycles. The lowest BCUT2D eigenvalue weighted by molar-refractivity contribution is 0.615. The summed E-state index contributed by atoms with van der Waals surface area (Å²) in [6, 6.07) is 2.15. The van der Waals surface area contributed by atoms with Gasteiger partial charge in [-0.15, -0.1) is 10.2 Å². The molecule has 6 heteroatoms. The molecule has 0 amide bonds. The second-order valence-corrected chi connectivity index (χ2v) is 4.28. The second-order valence-electron chi connectivity index (χ2n) is 3.50. The fraction of sp³-hybridized carbons (Fsp3) is 0.444. The van der Waals surface area contributed by atoms with E-state index in [4.69, 9.17) is 5.73 Å². The van der Waals surface area contributed by atoms with E-state index in [1.165, 1.54) is 10.4 Å². The maximum atomic E-state index is 5.99. The minimum Gasteiger partial charge on any atom is -0.327 e. The van der Waals surface area contributed by atoms with Gasteiger partial charge in [0.1, 0.15) is 0 Å². The Labute approximate surface area is 91.9 Å². The van der Waals surface area contributed by atoms with Gasteiger partial charge in [0.05, 0.1) is 7.05 Å². The number of tetrazole rings is 1. The first-order valence-electron chi connectivity index (χ1n) is 4.73. The van der Waals surface area contributed by atoms with Crippen LogP contribution in [0.15, 0.2) is 16.8 Å². The summed E-state index contributed by atoms with van der Waals surface area (Å²) in [4.78, 5) is 1.45. The molecular formula is C9H13N5S. The van der Waals surface area contributed by atoms with Gasteiger partial charge in [-0.1, -0.05) is 0 Å². The van der Waals surface area contributed by atoms with Crippen molar-refractivity contribution in [1.29, 1.82) is 0 Å². The molecule has 5 nitrogen and oxygen atoms in total. The topological polar surface area (TPSA) is 69.6 Å². The fourth-order valence-corrected chi connectivity index (χ4v) is 2.10. The Bertz CT molecular complexity index is 408. The van der Waals surface area contributed by atoms with Gasteiger partial charge in [0, 0.05) is 12.5 Å². The maximum absolute atomic E-state index is 5.99. The molecule has 15 heavy (non-hydrogen) atoms. The average Bonchev–Trinajstić information content (AvgIpc) is 2.77. The Morgan fingerprint density at radius 3 is 3.00 bits per heavy atom. The summed E-state index contributed by atoms with van der Waals surface area (Å²) in [5.74, 6) is 0.709. The van der Waals surface area contributed by atoms with Crippen LogP contribution in [-0.2, 0) is 19.9 Å². The van der Waals surface area contributed by atoms with Gasteiger partial charge in [0.2, 0.25) is 0 Å². The van der Waals surface area contributed by atoms with Crippen molar-refractivity contribution in [3.8, 4) is 0 Å². The van der Waals surface area contributed by atoms with E-state index in [2.05, 4.69) is 32.2 Å². The molecule has 0 radical (unpaired) electrons. The summed E-state index contributed by atoms with van der Waals surface area (Å²) in [7, 11) is 1.75. The van der Waals surface area contributed by atoms with Crippen LogP contribution in [0.3, 0.4) is 0 Å². The maximum Gasteiger partial charge on any atom is 0.176 e. The van der Waals surface area contributed by atoms with Crippen molar-refractivity contribution in [3.05, 3.63) is 28.2 Å². The average molecular weight is 223 g/mol. The Kier molecular flexibility index (Phi) is 3.08. The lowest BCUT2D eigenvalue weighted by atomic mass is 10.1. The zero-order chi connectivity index (χ0) is 10.7. The first-order chi connectivity index (χ1) is 7.24. The predicted molar refractivity (Wildman–Crippen MR) is 58.5 cm³/mol. The van der Waals surface area contributed by atoms with Crippen molar-refractivity contribution >= 4 is 11.3 Å². The fourth-order valence-electron chi connectivity index (χ4n) is 1.42. The number of hydrogen-bond donors (Lipinski definition) is 1. The molecule has 1 unspecified atom stereocenters. The van der Waals surface area contributed by atoms with Gasteiger partial charge < -0.3 is 5.73 Å². The third-order valence-electron chi connectivity index (χ3n) is 2.07. The lowest BCUT2D eigenvalue weighted by Gasteiger charge is -2.06. The van der Waals surface area contributed by atoms with E-state index in [9.17, 15) is 0 Å². The zero-order valence-electron chi connectivity index (χ0n) is 8.50. The highest BCUT2D eigenvalue weighted by Gasteiger charge is 2.09. The molecule has 2 rings (SSSR count). The van der Waals surface area contributed by atoms with E-state index in [0.717, 1.165) is 6.42 Å². The molecule has 0 aliphatic carbocycles. The minimum absolute atomic E-state index is 0.0591. The zero-order valence-corrected chi connectivity index (χ0v) is 9.31. The molecule has 1 atom stereocenters. The largest absolute Gasteiger partial charge is 0.327 e. The van der Waals surface area contributed by atoms with Crippen LogP contribution in [0.4, 0.5) is 0 Å². The van der Waals surface area contributed by atoms with Gasteiger partial charge in [0.15, 0.2) is 5.82 Å². The van der Waals surface area contributed by atoms with E-state index in [0.29, 0.717) is 12.2 Å². The Balaban J connectivity index is 1.90. The van der Waals surface area contributed by atoms with Crippen LogP contribution >= 0.6 is 11.3 Å². The van der Waals surface area contributed by atoms with E-state index in [-0.39, 0.29) is 6.04 Å². The van der Waals surface area contributed by atoms with E-state index in [1.54, 1.807) is 18.4 Å². The summed E-state index contributed by atoms with van der Waals surface area (Å²) in [6.07, 6.45) is 1.53. The molecule has 2 heterocycles. The Morgan fingerprint density at radius 2 is 2.40 bits per heavy atom.